The lowest BCUT2D eigenvalue weighted by atomic mass is 10.2. The molecule has 7 heteroatoms. The van der Waals surface area contributed by atoms with Gasteiger partial charge in [-0.05, 0) is 24.3 Å². The van der Waals surface area contributed by atoms with E-state index in [0.717, 1.165) is 42.0 Å². The highest BCUT2D eigenvalue weighted by atomic mass is 79.9. The summed E-state index contributed by atoms with van der Waals surface area (Å²) in [6.45, 7) is 0. The summed E-state index contributed by atoms with van der Waals surface area (Å²) in [4.78, 5) is 8.87. The molecule has 0 radical (unpaired) electrons. The fourth-order valence-electron chi connectivity index (χ4n) is 2.52. The summed E-state index contributed by atoms with van der Waals surface area (Å²) < 4.78 is 8.59. The van der Waals surface area contributed by atoms with Crippen molar-refractivity contribution in [3.8, 4) is 5.75 Å². The number of benzene rings is 2. The maximum absolute atomic E-state index is 5.47. The monoisotopic (exact) mass is 421 g/mol. The van der Waals surface area contributed by atoms with Crippen molar-refractivity contribution in [1.29, 1.82) is 0 Å². The number of anilines is 2. The van der Waals surface area contributed by atoms with Crippen LogP contribution in [-0.4, -0.2) is 17.1 Å². The zero-order valence-corrected chi connectivity index (χ0v) is 15.8. The lowest BCUT2D eigenvalue weighted by Crippen LogP contribution is -1.94. The second-order valence-corrected chi connectivity index (χ2v) is 6.91. The molecule has 4 rings (SSSR count). The van der Waals surface area contributed by atoms with E-state index in [2.05, 4.69) is 37.3 Å². The highest BCUT2D eigenvalue weighted by molar-refractivity contribution is 9.10. The molecule has 2 aromatic heterocycles. The molecule has 0 spiro atoms. The second-order valence-electron chi connectivity index (χ2n) is 4.97. The second kappa shape index (κ2) is 6.93. The number of nitrogens with one attached hydrogen (secondary N) is 1. The van der Waals surface area contributed by atoms with Crippen LogP contribution in [0.5, 0.6) is 5.75 Å². The Labute approximate surface area is 157 Å². The van der Waals surface area contributed by atoms with Gasteiger partial charge in [0.05, 0.1) is 22.0 Å². The van der Waals surface area contributed by atoms with E-state index in [0.29, 0.717) is 0 Å². The molecule has 2 aromatic carbocycles. The van der Waals surface area contributed by atoms with E-state index in [1.807, 2.05) is 36.4 Å². The van der Waals surface area contributed by atoms with Gasteiger partial charge < -0.3 is 10.1 Å². The number of hydrogen-bond acceptors (Lipinski definition) is 5. The molecule has 0 aliphatic rings. The standard InChI is InChI=1S/C17H12BrN3OS.ClH/c1-22-13-7-3-6-12-14-16(23-15(12)13)17(20-9-19-14)21-11-5-2-4-10(18)8-11;/h2-9H,1H3,(H,19,20,21);1H. The van der Waals surface area contributed by atoms with Crippen molar-refractivity contribution in [2.75, 3.05) is 12.4 Å². The van der Waals surface area contributed by atoms with Gasteiger partial charge in [0.15, 0.2) is 5.82 Å². The van der Waals surface area contributed by atoms with Crippen molar-refractivity contribution in [2.24, 2.45) is 0 Å². The molecule has 0 atom stereocenters. The quantitative estimate of drug-likeness (QED) is 0.454. The Morgan fingerprint density at radius 2 is 1.92 bits per heavy atom. The fourth-order valence-corrected chi connectivity index (χ4v) is 4.11. The van der Waals surface area contributed by atoms with Crippen LogP contribution in [0.4, 0.5) is 11.5 Å². The topological polar surface area (TPSA) is 47.0 Å². The van der Waals surface area contributed by atoms with Crippen molar-refractivity contribution >= 4 is 71.5 Å². The normalized spacial score (nSPS) is 10.6. The first-order valence-corrected chi connectivity index (χ1v) is 8.60. The first kappa shape index (κ1) is 17.0. The maximum atomic E-state index is 5.47. The zero-order valence-electron chi connectivity index (χ0n) is 12.6. The molecule has 4 nitrogen and oxygen atoms in total. The molecule has 0 aliphatic carbocycles. The SMILES string of the molecule is COc1cccc2c1sc1c(Nc3cccc(Br)c3)ncnc12.Cl. The number of rotatable bonds is 3. The summed E-state index contributed by atoms with van der Waals surface area (Å²) in [6.07, 6.45) is 1.59. The highest BCUT2D eigenvalue weighted by Gasteiger charge is 2.14. The van der Waals surface area contributed by atoms with Gasteiger partial charge in [-0.1, -0.05) is 34.1 Å². The van der Waals surface area contributed by atoms with E-state index < -0.39 is 0 Å². The van der Waals surface area contributed by atoms with E-state index in [1.54, 1.807) is 24.8 Å². The Kier molecular flexibility index (Phi) is 4.89. The van der Waals surface area contributed by atoms with E-state index in [-0.39, 0.29) is 12.4 Å². The number of nitrogens with zero attached hydrogens (tertiary/aromatic N) is 2. The number of aromatic nitrogens is 2. The molecule has 0 unspecified atom stereocenters. The van der Waals surface area contributed by atoms with Gasteiger partial charge in [0, 0.05) is 15.5 Å². The van der Waals surface area contributed by atoms with Crippen LogP contribution in [-0.2, 0) is 0 Å². The van der Waals surface area contributed by atoms with Crippen LogP contribution in [0, 0.1) is 0 Å². The van der Waals surface area contributed by atoms with E-state index >= 15 is 0 Å². The smallest absolute Gasteiger partial charge is 0.151 e. The first-order valence-electron chi connectivity index (χ1n) is 6.99. The van der Waals surface area contributed by atoms with Crippen LogP contribution in [0.25, 0.3) is 20.3 Å². The summed E-state index contributed by atoms with van der Waals surface area (Å²) in [7, 11) is 1.69. The highest BCUT2D eigenvalue weighted by Crippen LogP contribution is 2.41. The van der Waals surface area contributed by atoms with E-state index in [9.17, 15) is 0 Å². The Hall–Kier alpha value is -1.89. The third-order valence-corrected chi connectivity index (χ3v) is 5.26. The van der Waals surface area contributed by atoms with Crippen molar-refractivity contribution in [2.45, 2.75) is 0 Å². The largest absolute Gasteiger partial charge is 0.495 e. The van der Waals surface area contributed by atoms with Crippen LogP contribution in [0.1, 0.15) is 0 Å². The summed E-state index contributed by atoms with van der Waals surface area (Å²) in [5.41, 5.74) is 1.92. The number of thiophene rings is 1. The van der Waals surface area contributed by atoms with Crippen molar-refractivity contribution in [3.05, 3.63) is 53.3 Å². The van der Waals surface area contributed by atoms with Crippen LogP contribution >= 0.6 is 39.7 Å². The zero-order chi connectivity index (χ0) is 15.8. The molecule has 4 aromatic rings. The van der Waals surface area contributed by atoms with Gasteiger partial charge in [0.1, 0.15) is 12.1 Å². The average molecular weight is 423 g/mol. The Morgan fingerprint density at radius 3 is 2.71 bits per heavy atom. The van der Waals surface area contributed by atoms with Crippen LogP contribution in [0.15, 0.2) is 53.3 Å². The number of hydrogen-bond donors (Lipinski definition) is 1. The van der Waals surface area contributed by atoms with Crippen molar-refractivity contribution < 1.29 is 4.74 Å². The van der Waals surface area contributed by atoms with Gasteiger partial charge >= 0.3 is 0 Å². The Balaban J connectivity index is 0.00000169. The predicted molar refractivity (Wildman–Crippen MR) is 106 cm³/mol. The third kappa shape index (κ3) is 2.92. The lowest BCUT2D eigenvalue weighted by Gasteiger charge is -2.06. The molecule has 0 saturated carbocycles. The minimum Gasteiger partial charge on any atom is -0.495 e. The number of methoxy groups -OCH3 is 1. The van der Waals surface area contributed by atoms with Crippen molar-refractivity contribution in [1.82, 2.24) is 9.97 Å². The molecular formula is C17H13BrClN3OS. The minimum atomic E-state index is 0. The fraction of sp³-hybridized carbons (Fsp3) is 0.0588. The van der Waals surface area contributed by atoms with E-state index in [1.165, 1.54) is 0 Å². The molecule has 1 N–H and O–H groups in total. The lowest BCUT2D eigenvalue weighted by molar-refractivity contribution is 0.420. The van der Waals surface area contributed by atoms with Crippen LogP contribution in [0.2, 0.25) is 0 Å². The average Bonchev–Trinajstić information content (AvgIpc) is 2.95. The minimum absolute atomic E-state index is 0. The van der Waals surface area contributed by atoms with Gasteiger partial charge in [-0.25, -0.2) is 9.97 Å². The predicted octanol–water partition coefficient (Wildman–Crippen LogP) is 5.78. The molecule has 122 valence electrons. The molecule has 0 bridgehead atoms. The summed E-state index contributed by atoms with van der Waals surface area (Å²) in [5.74, 6) is 1.66. The van der Waals surface area contributed by atoms with Gasteiger partial charge in [-0.3, -0.25) is 0 Å². The molecule has 0 saturated heterocycles. The number of halogens is 2. The third-order valence-electron chi connectivity index (χ3n) is 3.55. The van der Waals surface area contributed by atoms with Gasteiger partial charge in [-0.15, -0.1) is 23.7 Å². The van der Waals surface area contributed by atoms with Gasteiger partial charge in [0.2, 0.25) is 0 Å². The molecule has 0 aliphatic heterocycles. The Morgan fingerprint density at radius 1 is 1.08 bits per heavy atom. The van der Waals surface area contributed by atoms with E-state index in [4.69, 9.17) is 4.74 Å². The Bertz CT molecular complexity index is 1020. The number of fused-ring (bicyclic) bond motifs is 3. The molecule has 2 heterocycles. The molecular weight excluding hydrogens is 410 g/mol. The molecule has 0 amide bonds. The summed E-state index contributed by atoms with van der Waals surface area (Å²) in [5, 5.41) is 4.46. The molecule has 24 heavy (non-hydrogen) atoms. The van der Waals surface area contributed by atoms with Crippen LogP contribution < -0.4 is 10.1 Å². The maximum Gasteiger partial charge on any atom is 0.151 e. The number of ether oxygens (including phenoxy) is 1. The summed E-state index contributed by atoms with van der Waals surface area (Å²) >= 11 is 5.12. The molecule has 0 fully saturated rings. The van der Waals surface area contributed by atoms with Crippen molar-refractivity contribution in [3.63, 3.8) is 0 Å². The van der Waals surface area contributed by atoms with Gasteiger partial charge in [0.25, 0.3) is 0 Å². The van der Waals surface area contributed by atoms with Crippen LogP contribution in [0.3, 0.4) is 0 Å². The summed E-state index contributed by atoms with van der Waals surface area (Å²) in [6, 6.07) is 14.0. The van der Waals surface area contributed by atoms with Gasteiger partial charge in [-0.2, -0.15) is 0 Å². The first-order chi connectivity index (χ1) is 11.3.